The fraction of sp³-hybridized carbons (Fsp3) is 0.368. The summed E-state index contributed by atoms with van der Waals surface area (Å²) in [5.74, 6) is 0.487. The van der Waals surface area contributed by atoms with Gasteiger partial charge in [0.05, 0.1) is 11.7 Å². The summed E-state index contributed by atoms with van der Waals surface area (Å²) in [4.78, 5) is 4.68. The van der Waals surface area contributed by atoms with Crippen LogP contribution in [0.15, 0.2) is 35.4 Å². The number of hydrogen-bond acceptors (Lipinski definition) is 5. The maximum absolute atomic E-state index is 10.2. The van der Waals surface area contributed by atoms with Crippen molar-refractivity contribution >= 4 is 29.1 Å². The molecule has 6 heteroatoms. The summed E-state index contributed by atoms with van der Waals surface area (Å²) in [6.45, 7) is 0.432. The lowest BCUT2D eigenvalue weighted by atomic mass is 9.95. The monoisotopic (exact) mass is 373 g/mol. The Labute approximate surface area is 157 Å². The Hall–Kier alpha value is -1.74. The molecule has 1 heterocycles. The normalized spacial score (nSPS) is 14.4. The van der Waals surface area contributed by atoms with E-state index in [9.17, 15) is 10.4 Å². The molecule has 0 saturated heterocycles. The smallest absolute Gasteiger partial charge is 0.114 e. The highest BCUT2D eigenvalue weighted by Crippen LogP contribution is 2.27. The molecule has 0 aliphatic heterocycles. The number of benzene rings is 1. The predicted molar refractivity (Wildman–Crippen MR) is 102 cm³/mol. The molecular formula is C19H20ClN3OS. The molecule has 4 nitrogen and oxygen atoms in total. The van der Waals surface area contributed by atoms with E-state index in [0.717, 1.165) is 35.7 Å². The average molecular weight is 374 g/mol. The van der Waals surface area contributed by atoms with E-state index in [1.807, 2.05) is 18.2 Å². The molecule has 130 valence electrons. The Morgan fingerprint density at radius 1 is 1.28 bits per heavy atom. The molecular weight excluding hydrogens is 354 g/mol. The summed E-state index contributed by atoms with van der Waals surface area (Å²) in [6.07, 6.45) is 3.78. The molecule has 2 aromatic rings. The van der Waals surface area contributed by atoms with E-state index >= 15 is 0 Å². The molecule has 0 fully saturated rings. The summed E-state index contributed by atoms with van der Waals surface area (Å²) in [7, 11) is 0. The van der Waals surface area contributed by atoms with Gasteiger partial charge in [-0.05, 0) is 61.6 Å². The van der Waals surface area contributed by atoms with E-state index in [0.29, 0.717) is 22.9 Å². The van der Waals surface area contributed by atoms with Crippen LogP contribution in [0.5, 0.6) is 0 Å². The molecule has 1 aliphatic rings. The Bertz CT molecular complexity index is 773. The first kappa shape index (κ1) is 18.1. The fourth-order valence-electron chi connectivity index (χ4n) is 2.84. The van der Waals surface area contributed by atoms with Gasteiger partial charge in [0.15, 0.2) is 0 Å². The second kappa shape index (κ2) is 8.57. The zero-order chi connectivity index (χ0) is 17.6. The SMILES string of the molecule is N#Cc1cc2c(nc1SC[C@@H](O)CNc1ccc(Cl)cc1)CCCC2. The van der Waals surface area contributed by atoms with E-state index in [-0.39, 0.29) is 0 Å². The Balaban J connectivity index is 1.57. The lowest BCUT2D eigenvalue weighted by Crippen LogP contribution is -2.22. The van der Waals surface area contributed by atoms with Crippen LogP contribution in [0.4, 0.5) is 5.69 Å². The quantitative estimate of drug-likeness (QED) is 0.747. The highest BCUT2D eigenvalue weighted by atomic mass is 35.5. The number of aliphatic hydroxyl groups excluding tert-OH is 1. The summed E-state index contributed by atoms with van der Waals surface area (Å²) in [5.41, 5.74) is 3.85. The van der Waals surface area contributed by atoms with Crippen LogP contribution in [0.2, 0.25) is 5.02 Å². The van der Waals surface area contributed by atoms with Crippen molar-refractivity contribution in [2.45, 2.75) is 36.8 Å². The standard InChI is InChI=1S/C19H20ClN3OS/c20-15-5-7-16(8-6-15)22-11-17(24)12-25-19-14(10-21)9-13-3-1-2-4-18(13)23-19/h5-9,17,22,24H,1-4,11-12H2/t17-/m0/s1. The largest absolute Gasteiger partial charge is 0.390 e. The van der Waals surface area contributed by atoms with Crippen molar-refractivity contribution in [2.75, 3.05) is 17.6 Å². The first-order chi connectivity index (χ1) is 12.2. The van der Waals surface area contributed by atoms with E-state index in [4.69, 9.17) is 11.6 Å². The van der Waals surface area contributed by atoms with E-state index in [2.05, 4.69) is 16.4 Å². The number of fused-ring (bicyclic) bond motifs is 1. The van der Waals surface area contributed by atoms with Crippen LogP contribution in [0.25, 0.3) is 0 Å². The highest BCUT2D eigenvalue weighted by molar-refractivity contribution is 7.99. The molecule has 1 aromatic carbocycles. The van der Waals surface area contributed by atoms with Crippen molar-refractivity contribution < 1.29 is 5.11 Å². The van der Waals surface area contributed by atoms with Gasteiger partial charge in [0, 0.05) is 28.7 Å². The maximum atomic E-state index is 10.2. The number of thioether (sulfide) groups is 1. The zero-order valence-corrected chi connectivity index (χ0v) is 15.4. The lowest BCUT2D eigenvalue weighted by molar-refractivity contribution is 0.213. The summed E-state index contributed by atoms with van der Waals surface area (Å²) < 4.78 is 0. The number of pyridine rings is 1. The predicted octanol–water partition coefficient (Wildman–Crippen LogP) is 4.05. The number of aromatic nitrogens is 1. The lowest BCUT2D eigenvalue weighted by Gasteiger charge is -2.17. The molecule has 0 amide bonds. The van der Waals surface area contributed by atoms with Crippen LogP contribution in [0.3, 0.4) is 0 Å². The van der Waals surface area contributed by atoms with E-state index in [1.54, 1.807) is 12.1 Å². The topological polar surface area (TPSA) is 68.9 Å². The molecule has 0 bridgehead atoms. The number of rotatable bonds is 6. The molecule has 3 rings (SSSR count). The number of nitrogens with one attached hydrogen (secondary N) is 1. The van der Waals surface area contributed by atoms with Crippen LogP contribution in [-0.4, -0.2) is 28.5 Å². The Kier molecular flexibility index (Phi) is 6.19. The summed E-state index contributed by atoms with van der Waals surface area (Å²) in [6, 6.07) is 11.6. The molecule has 0 spiro atoms. The number of hydrogen-bond donors (Lipinski definition) is 2. The minimum atomic E-state index is -0.537. The maximum Gasteiger partial charge on any atom is 0.114 e. The summed E-state index contributed by atoms with van der Waals surface area (Å²) >= 11 is 7.30. The van der Waals surface area contributed by atoms with Crippen molar-refractivity contribution in [3.05, 3.63) is 52.2 Å². The molecule has 25 heavy (non-hydrogen) atoms. The number of aryl methyl sites for hydroxylation is 2. The second-order valence-corrected chi connectivity index (χ2v) is 7.56. The van der Waals surface area contributed by atoms with Crippen LogP contribution in [0, 0.1) is 11.3 Å². The molecule has 1 aliphatic carbocycles. The van der Waals surface area contributed by atoms with E-state index < -0.39 is 6.10 Å². The Morgan fingerprint density at radius 2 is 2.04 bits per heavy atom. The van der Waals surface area contributed by atoms with Gasteiger partial charge in [0.2, 0.25) is 0 Å². The van der Waals surface area contributed by atoms with E-state index in [1.165, 1.54) is 23.7 Å². The Morgan fingerprint density at radius 3 is 2.80 bits per heavy atom. The van der Waals surface area contributed by atoms with Crippen molar-refractivity contribution in [1.82, 2.24) is 4.98 Å². The van der Waals surface area contributed by atoms with Gasteiger partial charge in [0.25, 0.3) is 0 Å². The van der Waals surface area contributed by atoms with Crippen LogP contribution in [-0.2, 0) is 12.8 Å². The van der Waals surface area contributed by atoms with Crippen LogP contribution in [0.1, 0.15) is 29.7 Å². The van der Waals surface area contributed by atoms with Gasteiger partial charge in [0.1, 0.15) is 11.1 Å². The molecule has 0 unspecified atom stereocenters. The molecule has 0 saturated carbocycles. The van der Waals surface area contributed by atoms with Crippen LogP contribution >= 0.6 is 23.4 Å². The minimum absolute atomic E-state index is 0.432. The highest BCUT2D eigenvalue weighted by Gasteiger charge is 2.16. The van der Waals surface area contributed by atoms with Crippen molar-refractivity contribution in [1.29, 1.82) is 5.26 Å². The van der Waals surface area contributed by atoms with Gasteiger partial charge >= 0.3 is 0 Å². The summed E-state index contributed by atoms with van der Waals surface area (Å²) in [5, 5.41) is 24.2. The second-order valence-electron chi connectivity index (χ2n) is 6.12. The average Bonchev–Trinajstić information content (AvgIpc) is 2.65. The number of nitriles is 1. The molecule has 1 aromatic heterocycles. The van der Waals surface area contributed by atoms with Crippen molar-refractivity contribution in [2.24, 2.45) is 0 Å². The van der Waals surface area contributed by atoms with Crippen molar-refractivity contribution in [3.63, 3.8) is 0 Å². The van der Waals surface area contributed by atoms with Gasteiger partial charge < -0.3 is 10.4 Å². The number of aliphatic hydroxyl groups is 1. The number of nitrogens with zero attached hydrogens (tertiary/aromatic N) is 2. The van der Waals surface area contributed by atoms with Gasteiger partial charge in [-0.15, -0.1) is 11.8 Å². The van der Waals surface area contributed by atoms with Gasteiger partial charge in [-0.2, -0.15) is 5.26 Å². The third-order valence-corrected chi connectivity index (χ3v) is 5.57. The third-order valence-electron chi connectivity index (χ3n) is 4.18. The molecule has 0 radical (unpaired) electrons. The minimum Gasteiger partial charge on any atom is -0.390 e. The first-order valence-electron chi connectivity index (χ1n) is 8.39. The number of halogens is 1. The van der Waals surface area contributed by atoms with Crippen molar-refractivity contribution in [3.8, 4) is 6.07 Å². The third kappa shape index (κ3) is 4.88. The molecule has 1 atom stereocenters. The van der Waals surface area contributed by atoms with Crippen LogP contribution < -0.4 is 5.32 Å². The number of anilines is 1. The van der Waals surface area contributed by atoms with Gasteiger partial charge in [-0.3, -0.25) is 0 Å². The van der Waals surface area contributed by atoms with Gasteiger partial charge in [-0.25, -0.2) is 4.98 Å². The molecule has 2 N–H and O–H groups in total. The van der Waals surface area contributed by atoms with Gasteiger partial charge in [-0.1, -0.05) is 11.6 Å². The fourth-order valence-corrected chi connectivity index (χ4v) is 3.87. The zero-order valence-electron chi connectivity index (χ0n) is 13.8. The first-order valence-corrected chi connectivity index (χ1v) is 9.75.